The number of carbonyl (C=O) groups excluding carboxylic acids is 1. The number of para-hydroxylation sites is 1. The van der Waals surface area contributed by atoms with Gasteiger partial charge in [-0.1, -0.05) is 49.4 Å². The number of aromatic nitrogens is 1. The number of aryl methyl sites for hydroxylation is 1. The Labute approximate surface area is 170 Å². The number of nitrogens with one attached hydrogen (secondary N) is 1. The topological polar surface area (TPSA) is 51.2 Å². The number of pyridine rings is 1. The number of ether oxygens (including phenoxy) is 1. The van der Waals surface area contributed by atoms with E-state index in [1.165, 1.54) is 5.56 Å². The number of fused-ring (bicyclic) bond motifs is 1. The standard InChI is InChI=1S/C25H22N2O2/c1-3-17-8-10-18(11-9-17)24-16-22(21-6-4-5-7-23(21)27-24)25(28)26-19-12-14-20(29-2)15-13-19/h4-16H,3H2,1-2H3,(H,26,28). The fraction of sp³-hybridized carbons (Fsp3) is 0.120. The number of hydrogen-bond acceptors (Lipinski definition) is 3. The lowest BCUT2D eigenvalue weighted by Crippen LogP contribution is -2.13. The third-order valence-electron chi connectivity index (χ3n) is 4.97. The van der Waals surface area contributed by atoms with Gasteiger partial charge in [0, 0.05) is 16.6 Å². The van der Waals surface area contributed by atoms with Gasteiger partial charge in [0.05, 0.1) is 23.9 Å². The van der Waals surface area contributed by atoms with E-state index in [0.717, 1.165) is 34.3 Å². The Morgan fingerprint density at radius 1 is 0.966 bits per heavy atom. The first-order chi connectivity index (χ1) is 14.2. The molecule has 0 bridgehead atoms. The molecule has 0 aliphatic heterocycles. The van der Waals surface area contributed by atoms with Crippen LogP contribution < -0.4 is 10.1 Å². The van der Waals surface area contributed by atoms with Gasteiger partial charge < -0.3 is 10.1 Å². The number of benzene rings is 3. The zero-order chi connectivity index (χ0) is 20.2. The van der Waals surface area contributed by atoms with E-state index in [2.05, 4.69) is 36.5 Å². The largest absolute Gasteiger partial charge is 0.497 e. The monoisotopic (exact) mass is 382 g/mol. The van der Waals surface area contributed by atoms with E-state index in [-0.39, 0.29) is 5.91 Å². The molecule has 4 aromatic rings. The second-order valence-electron chi connectivity index (χ2n) is 6.81. The summed E-state index contributed by atoms with van der Waals surface area (Å²) >= 11 is 0. The van der Waals surface area contributed by atoms with Crippen LogP contribution in [0.2, 0.25) is 0 Å². The average Bonchev–Trinajstić information content (AvgIpc) is 2.79. The quantitative estimate of drug-likeness (QED) is 0.480. The number of nitrogens with zero attached hydrogens (tertiary/aromatic N) is 1. The van der Waals surface area contributed by atoms with Crippen LogP contribution in [0.1, 0.15) is 22.8 Å². The number of carbonyl (C=O) groups is 1. The maximum Gasteiger partial charge on any atom is 0.256 e. The molecule has 1 aromatic heterocycles. The van der Waals surface area contributed by atoms with Crippen LogP contribution in [0.3, 0.4) is 0 Å². The number of rotatable bonds is 5. The van der Waals surface area contributed by atoms with Gasteiger partial charge in [-0.3, -0.25) is 4.79 Å². The molecule has 1 amide bonds. The minimum atomic E-state index is -0.166. The van der Waals surface area contributed by atoms with Gasteiger partial charge in [-0.15, -0.1) is 0 Å². The van der Waals surface area contributed by atoms with Gasteiger partial charge in [-0.2, -0.15) is 0 Å². The molecule has 0 aliphatic carbocycles. The van der Waals surface area contributed by atoms with Crippen molar-refractivity contribution in [3.63, 3.8) is 0 Å². The zero-order valence-corrected chi connectivity index (χ0v) is 16.5. The Bertz CT molecular complexity index is 1150. The number of hydrogen-bond donors (Lipinski definition) is 1. The highest BCUT2D eigenvalue weighted by molar-refractivity contribution is 6.13. The summed E-state index contributed by atoms with van der Waals surface area (Å²) in [6.07, 6.45) is 0.987. The number of methoxy groups -OCH3 is 1. The van der Waals surface area contributed by atoms with Crippen LogP contribution in [0.15, 0.2) is 78.9 Å². The van der Waals surface area contributed by atoms with E-state index in [9.17, 15) is 4.79 Å². The second kappa shape index (κ2) is 8.15. The van der Waals surface area contributed by atoms with E-state index in [0.29, 0.717) is 11.3 Å². The molecule has 1 heterocycles. The molecule has 0 saturated heterocycles. The minimum Gasteiger partial charge on any atom is -0.497 e. The molecule has 4 heteroatoms. The first-order valence-electron chi connectivity index (χ1n) is 9.62. The molecule has 0 unspecified atom stereocenters. The Morgan fingerprint density at radius 3 is 2.38 bits per heavy atom. The highest BCUT2D eigenvalue weighted by Crippen LogP contribution is 2.26. The van der Waals surface area contributed by atoms with Crippen LogP contribution in [-0.2, 0) is 6.42 Å². The van der Waals surface area contributed by atoms with Crippen LogP contribution in [0.5, 0.6) is 5.75 Å². The first kappa shape index (κ1) is 18.7. The molecule has 0 radical (unpaired) electrons. The van der Waals surface area contributed by atoms with Crippen molar-refractivity contribution in [3.8, 4) is 17.0 Å². The normalized spacial score (nSPS) is 10.7. The van der Waals surface area contributed by atoms with Crippen molar-refractivity contribution >= 4 is 22.5 Å². The van der Waals surface area contributed by atoms with E-state index < -0.39 is 0 Å². The number of amides is 1. The smallest absolute Gasteiger partial charge is 0.256 e. The van der Waals surface area contributed by atoms with Gasteiger partial charge in [0.1, 0.15) is 5.75 Å². The van der Waals surface area contributed by atoms with Crippen LogP contribution in [0.25, 0.3) is 22.2 Å². The molecule has 4 nitrogen and oxygen atoms in total. The lowest BCUT2D eigenvalue weighted by atomic mass is 10.0. The van der Waals surface area contributed by atoms with E-state index in [4.69, 9.17) is 9.72 Å². The summed E-state index contributed by atoms with van der Waals surface area (Å²) < 4.78 is 5.18. The summed E-state index contributed by atoms with van der Waals surface area (Å²) in [5.74, 6) is 0.579. The van der Waals surface area contributed by atoms with E-state index >= 15 is 0 Å². The molecule has 0 fully saturated rings. The fourth-order valence-corrected chi connectivity index (χ4v) is 3.30. The molecular weight excluding hydrogens is 360 g/mol. The first-order valence-corrected chi connectivity index (χ1v) is 9.62. The highest BCUT2D eigenvalue weighted by atomic mass is 16.5. The maximum atomic E-state index is 13.1. The number of anilines is 1. The summed E-state index contributed by atoms with van der Waals surface area (Å²) in [5.41, 5.74) is 5.15. The summed E-state index contributed by atoms with van der Waals surface area (Å²) in [6, 6.07) is 25.2. The lowest BCUT2D eigenvalue weighted by molar-refractivity contribution is 0.102. The Balaban J connectivity index is 1.74. The molecule has 3 aromatic carbocycles. The van der Waals surface area contributed by atoms with Crippen molar-refractivity contribution in [2.45, 2.75) is 13.3 Å². The minimum absolute atomic E-state index is 0.166. The van der Waals surface area contributed by atoms with Crippen LogP contribution in [0, 0.1) is 0 Å². The summed E-state index contributed by atoms with van der Waals surface area (Å²) in [4.78, 5) is 17.9. The molecule has 0 spiro atoms. The average molecular weight is 382 g/mol. The second-order valence-corrected chi connectivity index (χ2v) is 6.81. The van der Waals surface area contributed by atoms with Gasteiger partial charge in [0.2, 0.25) is 0 Å². The summed E-state index contributed by atoms with van der Waals surface area (Å²) in [6.45, 7) is 2.13. The molecule has 1 N–H and O–H groups in total. The molecule has 29 heavy (non-hydrogen) atoms. The van der Waals surface area contributed by atoms with Crippen molar-refractivity contribution in [2.24, 2.45) is 0 Å². The predicted molar refractivity (Wildman–Crippen MR) is 118 cm³/mol. The van der Waals surface area contributed by atoms with Crippen molar-refractivity contribution in [1.82, 2.24) is 4.98 Å². The van der Waals surface area contributed by atoms with Crippen molar-refractivity contribution < 1.29 is 9.53 Å². The molecular formula is C25H22N2O2. The Morgan fingerprint density at radius 2 is 1.69 bits per heavy atom. The van der Waals surface area contributed by atoms with Crippen molar-refractivity contribution in [2.75, 3.05) is 12.4 Å². The fourth-order valence-electron chi connectivity index (χ4n) is 3.30. The van der Waals surface area contributed by atoms with Gasteiger partial charge in [-0.05, 0) is 48.4 Å². The molecule has 0 saturated carbocycles. The Hall–Kier alpha value is -3.66. The Kier molecular flexibility index (Phi) is 5.25. The third-order valence-corrected chi connectivity index (χ3v) is 4.97. The van der Waals surface area contributed by atoms with Crippen molar-refractivity contribution in [3.05, 3.63) is 90.0 Å². The van der Waals surface area contributed by atoms with Crippen LogP contribution in [-0.4, -0.2) is 18.0 Å². The van der Waals surface area contributed by atoms with Crippen LogP contribution in [0.4, 0.5) is 5.69 Å². The molecule has 0 aliphatic rings. The zero-order valence-electron chi connectivity index (χ0n) is 16.5. The summed E-state index contributed by atoms with van der Waals surface area (Å²) in [5, 5.41) is 3.80. The van der Waals surface area contributed by atoms with Gasteiger partial charge in [0.15, 0.2) is 0 Å². The van der Waals surface area contributed by atoms with E-state index in [1.54, 1.807) is 7.11 Å². The lowest BCUT2D eigenvalue weighted by Gasteiger charge is -2.11. The van der Waals surface area contributed by atoms with Gasteiger partial charge >= 0.3 is 0 Å². The SMILES string of the molecule is CCc1ccc(-c2cc(C(=O)Nc3ccc(OC)cc3)c3ccccc3n2)cc1. The third kappa shape index (κ3) is 3.97. The van der Waals surface area contributed by atoms with Crippen LogP contribution >= 0.6 is 0 Å². The molecule has 4 rings (SSSR count). The molecule has 144 valence electrons. The predicted octanol–water partition coefficient (Wildman–Crippen LogP) is 5.73. The van der Waals surface area contributed by atoms with E-state index in [1.807, 2.05) is 54.6 Å². The summed E-state index contributed by atoms with van der Waals surface area (Å²) in [7, 11) is 1.62. The molecule has 0 atom stereocenters. The van der Waals surface area contributed by atoms with Gasteiger partial charge in [-0.25, -0.2) is 4.98 Å². The maximum absolute atomic E-state index is 13.1. The van der Waals surface area contributed by atoms with Crippen molar-refractivity contribution in [1.29, 1.82) is 0 Å². The highest BCUT2D eigenvalue weighted by Gasteiger charge is 2.14. The van der Waals surface area contributed by atoms with Gasteiger partial charge in [0.25, 0.3) is 5.91 Å².